The van der Waals surface area contributed by atoms with E-state index in [4.69, 9.17) is 0 Å². The molecule has 2 amide bonds. The van der Waals surface area contributed by atoms with Crippen molar-refractivity contribution in [3.8, 4) is 11.1 Å². The first kappa shape index (κ1) is 35.8. The number of carbonyl (C=O) groups excluding carboxylic acids is 2. The third-order valence-electron chi connectivity index (χ3n) is 9.53. The smallest absolute Gasteiger partial charge is 0.261 e. The van der Waals surface area contributed by atoms with Crippen LogP contribution in [0.15, 0.2) is 90.1 Å². The first-order valence-corrected chi connectivity index (χ1v) is 18.7. The maximum absolute atomic E-state index is 13.8. The SMILES string of the molecule is CCS(=O)(=O)Nc1ccccc1-c1ccccc1C(=O)N1CCC(O)(Cn2cnc3cc(NC(=O)C=CN4CCN(C)CC4)ccc3c2=O)CC1. The molecule has 0 saturated carbocycles. The first-order chi connectivity index (χ1) is 24.4. The van der Waals surface area contributed by atoms with Gasteiger partial charge in [-0.25, -0.2) is 13.4 Å². The minimum absolute atomic E-state index is 0.00785. The summed E-state index contributed by atoms with van der Waals surface area (Å²) < 4.78 is 28.7. The molecule has 0 spiro atoms. The van der Waals surface area contributed by atoms with E-state index in [0.29, 0.717) is 39.0 Å². The highest BCUT2D eigenvalue weighted by Crippen LogP contribution is 2.33. The van der Waals surface area contributed by atoms with Crippen molar-refractivity contribution in [2.75, 3.05) is 62.1 Å². The number of piperidine rings is 1. The van der Waals surface area contributed by atoms with E-state index in [2.05, 4.69) is 31.9 Å². The highest BCUT2D eigenvalue weighted by atomic mass is 32.2. The monoisotopic (exact) mass is 713 g/mol. The van der Waals surface area contributed by atoms with Gasteiger partial charge < -0.3 is 25.1 Å². The number of nitrogens with zero attached hydrogens (tertiary/aromatic N) is 5. The van der Waals surface area contributed by atoms with E-state index in [1.807, 2.05) is 0 Å². The number of carbonyl (C=O) groups is 2. The van der Waals surface area contributed by atoms with Gasteiger partial charge in [-0.15, -0.1) is 0 Å². The molecule has 14 heteroatoms. The van der Waals surface area contributed by atoms with Gasteiger partial charge in [0.05, 0.1) is 40.8 Å². The second kappa shape index (κ2) is 15.1. The highest BCUT2D eigenvalue weighted by molar-refractivity contribution is 7.92. The lowest BCUT2D eigenvalue weighted by atomic mass is 9.90. The van der Waals surface area contributed by atoms with Gasteiger partial charge in [0.15, 0.2) is 0 Å². The van der Waals surface area contributed by atoms with Crippen molar-refractivity contribution < 1.29 is 23.1 Å². The van der Waals surface area contributed by atoms with Crippen LogP contribution in [0.25, 0.3) is 22.0 Å². The summed E-state index contributed by atoms with van der Waals surface area (Å²) in [6.07, 6.45) is 5.18. The Balaban J connectivity index is 1.10. The van der Waals surface area contributed by atoms with Crippen molar-refractivity contribution >= 4 is 44.1 Å². The van der Waals surface area contributed by atoms with Gasteiger partial charge in [-0.05, 0) is 62.7 Å². The Morgan fingerprint density at radius 3 is 2.35 bits per heavy atom. The number of likely N-dealkylation sites (tertiary alicyclic amines) is 1. The van der Waals surface area contributed by atoms with Crippen LogP contribution >= 0.6 is 0 Å². The number of para-hydroxylation sites is 1. The average Bonchev–Trinajstić information content (AvgIpc) is 3.13. The van der Waals surface area contributed by atoms with Crippen LogP contribution < -0.4 is 15.6 Å². The quantitative estimate of drug-likeness (QED) is 0.210. The Morgan fingerprint density at radius 2 is 1.63 bits per heavy atom. The molecule has 13 nitrogen and oxygen atoms in total. The standard InChI is InChI=1S/C37H43N7O6S/c1-3-51(49,50)40-32-11-7-6-9-29(32)28-8-4-5-10-30(28)35(46)43-18-15-37(48,16-19-43)25-44-26-38-33-24-27(12-13-31(33)36(44)47)39-34(45)14-17-42-22-20-41(2)21-23-42/h4-14,17,24,26,40,48H,3,15-16,18-23,25H2,1-2H3,(H,39,45). The molecule has 2 aliphatic heterocycles. The number of rotatable bonds is 10. The number of likely N-dealkylation sites (N-methyl/N-ethyl adjacent to an activating group) is 1. The Hall–Kier alpha value is -5.05. The number of nitrogens with one attached hydrogen (secondary N) is 2. The molecule has 268 valence electrons. The fraction of sp³-hybridized carbons (Fsp3) is 0.351. The number of sulfonamides is 1. The van der Waals surface area contributed by atoms with Crippen LogP contribution in [-0.4, -0.2) is 107 Å². The van der Waals surface area contributed by atoms with Crippen LogP contribution in [0.2, 0.25) is 0 Å². The Kier molecular flexibility index (Phi) is 10.6. The summed E-state index contributed by atoms with van der Waals surface area (Å²) in [6.45, 7) is 5.68. The van der Waals surface area contributed by atoms with Crippen molar-refractivity contribution in [2.45, 2.75) is 31.9 Å². The molecule has 2 saturated heterocycles. The van der Waals surface area contributed by atoms with Gasteiger partial charge in [-0.3, -0.25) is 23.7 Å². The summed E-state index contributed by atoms with van der Waals surface area (Å²) in [5.41, 5.74) is 1.37. The van der Waals surface area contributed by atoms with Crippen LogP contribution in [0.3, 0.4) is 0 Å². The second-order valence-electron chi connectivity index (χ2n) is 13.2. The summed E-state index contributed by atoms with van der Waals surface area (Å²) in [7, 11) is -1.47. The molecular formula is C37H43N7O6S. The number of aromatic nitrogens is 2. The van der Waals surface area contributed by atoms with Gasteiger partial charge in [0.25, 0.3) is 11.5 Å². The maximum Gasteiger partial charge on any atom is 0.261 e. The topological polar surface area (TPSA) is 157 Å². The third kappa shape index (κ3) is 8.47. The fourth-order valence-corrected chi connectivity index (χ4v) is 7.06. The molecule has 51 heavy (non-hydrogen) atoms. The average molecular weight is 714 g/mol. The van der Waals surface area contributed by atoms with E-state index in [1.165, 1.54) is 17.0 Å². The van der Waals surface area contributed by atoms with Gasteiger partial charge >= 0.3 is 0 Å². The molecule has 0 aliphatic carbocycles. The molecule has 2 aliphatic rings. The highest BCUT2D eigenvalue weighted by Gasteiger charge is 2.35. The molecule has 2 fully saturated rings. The van der Waals surface area contributed by atoms with Crippen molar-refractivity contribution in [3.63, 3.8) is 0 Å². The van der Waals surface area contributed by atoms with Crippen LogP contribution in [-0.2, 0) is 21.4 Å². The maximum atomic E-state index is 13.8. The van der Waals surface area contributed by atoms with E-state index in [-0.39, 0.29) is 55.6 Å². The van der Waals surface area contributed by atoms with Gasteiger partial charge in [-0.2, -0.15) is 0 Å². The Labute approximate surface area is 297 Å². The molecule has 3 N–H and O–H groups in total. The number of hydrogen-bond acceptors (Lipinski definition) is 9. The third-order valence-corrected chi connectivity index (χ3v) is 10.8. The van der Waals surface area contributed by atoms with Crippen LogP contribution in [0.1, 0.15) is 30.1 Å². The normalized spacial score (nSPS) is 16.8. The molecule has 0 bridgehead atoms. The number of piperazine rings is 1. The molecule has 3 heterocycles. The van der Waals surface area contributed by atoms with Crippen LogP contribution in [0.5, 0.6) is 0 Å². The van der Waals surface area contributed by atoms with Gasteiger partial charge in [-0.1, -0.05) is 36.4 Å². The van der Waals surface area contributed by atoms with Crippen molar-refractivity contribution in [1.29, 1.82) is 0 Å². The molecule has 3 aromatic carbocycles. The lowest BCUT2D eigenvalue weighted by Crippen LogP contribution is -2.49. The van der Waals surface area contributed by atoms with Gasteiger partial charge in [0, 0.05) is 68.4 Å². The molecule has 0 radical (unpaired) electrons. The zero-order valence-corrected chi connectivity index (χ0v) is 29.6. The number of hydrogen-bond donors (Lipinski definition) is 3. The van der Waals surface area contributed by atoms with E-state index < -0.39 is 15.6 Å². The summed E-state index contributed by atoms with van der Waals surface area (Å²) in [6, 6.07) is 18.9. The minimum Gasteiger partial charge on any atom is -0.388 e. The van der Waals surface area contributed by atoms with E-state index in [9.17, 15) is 27.9 Å². The lowest BCUT2D eigenvalue weighted by molar-refractivity contribution is -0.112. The minimum atomic E-state index is -3.55. The predicted octanol–water partition coefficient (Wildman–Crippen LogP) is 3.19. The van der Waals surface area contributed by atoms with E-state index in [0.717, 1.165) is 26.2 Å². The Morgan fingerprint density at radius 1 is 0.941 bits per heavy atom. The molecule has 4 aromatic rings. The number of aliphatic hydroxyl groups is 1. The van der Waals surface area contributed by atoms with Gasteiger partial charge in [0.2, 0.25) is 15.9 Å². The molecule has 1 aromatic heterocycles. The van der Waals surface area contributed by atoms with Crippen molar-refractivity contribution in [3.05, 3.63) is 101 Å². The summed E-state index contributed by atoms with van der Waals surface area (Å²) in [4.78, 5) is 50.3. The zero-order valence-electron chi connectivity index (χ0n) is 28.8. The number of benzene rings is 3. The van der Waals surface area contributed by atoms with Crippen LogP contribution in [0.4, 0.5) is 11.4 Å². The zero-order chi connectivity index (χ0) is 36.2. The second-order valence-corrected chi connectivity index (χ2v) is 15.2. The number of amides is 2. The molecular weight excluding hydrogens is 671 g/mol. The summed E-state index contributed by atoms with van der Waals surface area (Å²) >= 11 is 0. The Bertz CT molecular complexity index is 2120. The fourth-order valence-electron chi connectivity index (χ4n) is 6.40. The van der Waals surface area contributed by atoms with Crippen molar-refractivity contribution in [2.24, 2.45) is 0 Å². The number of fused-ring (bicyclic) bond motifs is 1. The molecule has 6 rings (SSSR count). The summed E-state index contributed by atoms with van der Waals surface area (Å²) in [5.74, 6) is -0.597. The predicted molar refractivity (Wildman–Crippen MR) is 198 cm³/mol. The molecule has 0 unspecified atom stereocenters. The van der Waals surface area contributed by atoms with Crippen LogP contribution in [0, 0.1) is 0 Å². The van der Waals surface area contributed by atoms with E-state index >= 15 is 0 Å². The lowest BCUT2D eigenvalue weighted by Gasteiger charge is -2.38. The van der Waals surface area contributed by atoms with Crippen molar-refractivity contribution in [1.82, 2.24) is 24.3 Å². The van der Waals surface area contributed by atoms with E-state index in [1.54, 1.807) is 84.8 Å². The van der Waals surface area contributed by atoms with Gasteiger partial charge in [0.1, 0.15) is 0 Å². The molecule has 0 atom stereocenters. The largest absolute Gasteiger partial charge is 0.388 e. The first-order valence-electron chi connectivity index (χ1n) is 17.1. The number of anilines is 2. The summed E-state index contributed by atoms with van der Waals surface area (Å²) in [5, 5.41) is 14.7.